The zero-order chi connectivity index (χ0) is 20.3. The van der Waals surface area contributed by atoms with Crippen molar-refractivity contribution < 1.29 is 0 Å². The van der Waals surface area contributed by atoms with Crippen LogP contribution in [-0.2, 0) is 6.42 Å². The zero-order valence-corrected chi connectivity index (χ0v) is 17.2. The number of pyridine rings is 1. The Morgan fingerprint density at radius 2 is 1.07 bits per heavy atom. The van der Waals surface area contributed by atoms with Crippen molar-refractivity contribution in [2.75, 3.05) is 0 Å². The molecular weight excluding hydrogens is 386 g/mol. The minimum Gasteiger partial charge on any atom is -0.247 e. The van der Waals surface area contributed by atoms with Gasteiger partial charge in [0.05, 0.1) is 11.4 Å². The molecule has 5 rings (SSSR count). The van der Waals surface area contributed by atoms with Gasteiger partial charge in [0, 0.05) is 28.0 Å². The number of nitrogens with zero attached hydrogens (tertiary/aromatic N) is 1. The van der Waals surface area contributed by atoms with Crippen molar-refractivity contribution in [3.63, 3.8) is 0 Å². The molecule has 0 fully saturated rings. The number of benzene rings is 4. The van der Waals surface area contributed by atoms with Gasteiger partial charge in [0.15, 0.2) is 0 Å². The van der Waals surface area contributed by atoms with Gasteiger partial charge in [0.2, 0.25) is 0 Å². The average Bonchev–Trinajstić information content (AvgIpc) is 2.82. The van der Waals surface area contributed by atoms with E-state index in [-0.39, 0.29) is 0 Å². The van der Waals surface area contributed by atoms with Crippen molar-refractivity contribution in [2.24, 2.45) is 0 Å². The highest BCUT2D eigenvalue weighted by Crippen LogP contribution is 2.36. The molecule has 0 spiro atoms. The second kappa shape index (κ2) is 8.14. The Bertz CT molecular complexity index is 1290. The van der Waals surface area contributed by atoms with Gasteiger partial charge in [-0.3, -0.25) is 0 Å². The van der Waals surface area contributed by atoms with Crippen molar-refractivity contribution in [1.29, 1.82) is 0 Å². The van der Waals surface area contributed by atoms with E-state index in [1.807, 2.05) is 24.3 Å². The molecule has 1 aromatic heterocycles. The third kappa shape index (κ3) is 3.60. The van der Waals surface area contributed by atoms with E-state index in [9.17, 15) is 0 Å². The molecule has 2 heteroatoms. The Hall–Kier alpha value is -3.42. The lowest BCUT2D eigenvalue weighted by Gasteiger charge is -2.17. The number of rotatable bonds is 4. The van der Waals surface area contributed by atoms with Crippen molar-refractivity contribution in [3.8, 4) is 22.5 Å². The summed E-state index contributed by atoms with van der Waals surface area (Å²) < 4.78 is 0. The first-order chi connectivity index (χ1) is 14.8. The largest absolute Gasteiger partial charge is 0.247 e. The first kappa shape index (κ1) is 18.6. The molecular formula is C28H20ClN. The van der Waals surface area contributed by atoms with Gasteiger partial charge in [-0.2, -0.15) is 0 Å². The van der Waals surface area contributed by atoms with E-state index < -0.39 is 0 Å². The van der Waals surface area contributed by atoms with Gasteiger partial charge in [0.25, 0.3) is 0 Å². The summed E-state index contributed by atoms with van der Waals surface area (Å²) in [6.07, 6.45) is 0.796. The summed E-state index contributed by atoms with van der Waals surface area (Å²) in [5.74, 6) is 0. The minimum atomic E-state index is 0.754. The normalized spacial score (nSPS) is 11.0. The van der Waals surface area contributed by atoms with Crippen LogP contribution >= 0.6 is 11.6 Å². The predicted molar refractivity (Wildman–Crippen MR) is 127 cm³/mol. The van der Waals surface area contributed by atoms with Gasteiger partial charge >= 0.3 is 0 Å². The van der Waals surface area contributed by atoms with Crippen LogP contribution in [0, 0.1) is 0 Å². The zero-order valence-electron chi connectivity index (χ0n) is 16.4. The molecule has 0 aliphatic rings. The number of fused-ring (bicyclic) bond motifs is 1. The topological polar surface area (TPSA) is 12.9 Å². The van der Waals surface area contributed by atoms with Crippen LogP contribution in [0.5, 0.6) is 0 Å². The van der Waals surface area contributed by atoms with Gasteiger partial charge < -0.3 is 0 Å². The quantitative estimate of drug-likeness (QED) is 0.297. The first-order valence-electron chi connectivity index (χ1n) is 10.1. The van der Waals surface area contributed by atoms with Gasteiger partial charge in [0.1, 0.15) is 0 Å². The summed E-state index contributed by atoms with van der Waals surface area (Å²) in [5, 5.41) is 3.16. The summed E-state index contributed by atoms with van der Waals surface area (Å²) in [6, 6.07) is 37.5. The molecule has 0 bridgehead atoms. The number of hydrogen-bond acceptors (Lipinski definition) is 1. The molecule has 4 aromatic carbocycles. The minimum absolute atomic E-state index is 0.754. The molecule has 0 saturated carbocycles. The third-order valence-electron chi connectivity index (χ3n) is 5.41. The van der Waals surface area contributed by atoms with Crippen LogP contribution in [0.25, 0.3) is 33.3 Å². The Balaban J connectivity index is 1.80. The summed E-state index contributed by atoms with van der Waals surface area (Å²) in [5.41, 5.74) is 6.76. The number of aromatic nitrogens is 1. The Labute approximate surface area is 181 Å². The number of hydrogen-bond donors (Lipinski definition) is 0. The third-order valence-corrected chi connectivity index (χ3v) is 5.66. The highest BCUT2D eigenvalue weighted by Gasteiger charge is 2.16. The molecule has 1 nitrogen and oxygen atoms in total. The van der Waals surface area contributed by atoms with Crippen LogP contribution in [0.4, 0.5) is 0 Å². The van der Waals surface area contributed by atoms with E-state index in [0.29, 0.717) is 0 Å². The Kier molecular flexibility index (Phi) is 5.04. The molecule has 1 heterocycles. The molecule has 0 radical (unpaired) electrons. The summed E-state index contributed by atoms with van der Waals surface area (Å²) in [4.78, 5) is 5.23. The van der Waals surface area contributed by atoms with Crippen molar-refractivity contribution in [2.45, 2.75) is 6.42 Å². The van der Waals surface area contributed by atoms with E-state index in [1.165, 1.54) is 21.9 Å². The molecule has 0 atom stereocenters. The van der Waals surface area contributed by atoms with E-state index in [1.54, 1.807) is 0 Å². The van der Waals surface area contributed by atoms with Crippen molar-refractivity contribution in [1.82, 2.24) is 4.98 Å². The molecule has 0 amide bonds. The molecule has 30 heavy (non-hydrogen) atoms. The second-order valence-electron chi connectivity index (χ2n) is 7.37. The first-order valence-corrected chi connectivity index (χ1v) is 10.4. The molecule has 0 aliphatic carbocycles. The summed E-state index contributed by atoms with van der Waals surface area (Å²) in [7, 11) is 0. The van der Waals surface area contributed by atoms with E-state index >= 15 is 0 Å². The molecule has 5 aromatic rings. The molecule has 0 unspecified atom stereocenters. The SMILES string of the molecule is Clc1ccc(Cc2c(-c3ccccc3)nc(-c3ccccc3)c3ccccc23)cc1. The smallest absolute Gasteiger partial charge is 0.0788 e. The lowest BCUT2D eigenvalue weighted by molar-refractivity contribution is 1.18. The molecule has 144 valence electrons. The highest BCUT2D eigenvalue weighted by atomic mass is 35.5. The van der Waals surface area contributed by atoms with Crippen LogP contribution in [0.15, 0.2) is 109 Å². The van der Waals surface area contributed by atoms with Crippen LogP contribution < -0.4 is 0 Å². The lowest BCUT2D eigenvalue weighted by Crippen LogP contribution is -2.00. The van der Waals surface area contributed by atoms with Crippen molar-refractivity contribution in [3.05, 3.63) is 125 Å². The Morgan fingerprint density at radius 1 is 0.533 bits per heavy atom. The fraction of sp³-hybridized carbons (Fsp3) is 0.0357. The predicted octanol–water partition coefficient (Wildman–Crippen LogP) is 7.81. The van der Waals surface area contributed by atoms with Gasteiger partial charge in [-0.25, -0.2) is 4.98 Å². The maximum atomic E-state index is 6.11. The Morgan fingerprint density at radius 3 is 1.70 bits per heavy atom. The average molecular weight is 406 g/mol. The van der Waals surface area contributed by atoms with E-state index in [0.717, 1.165) is 34.0 Å². The molecule has 0 aliphatic heterocycles. The molecule has 0 saturated heterocycles. The van der Waals surface area contributed by atoms with Gasteiger partial charge in [-0.15, -0.1) is 0 Å². The fourth-order valence-electron chi connectivity index (χ4n) is 3.96. The van der Waals surface area contributed by atoms with E-state index in [4.69, 9.17) is 16.6 Å². The summed E-state index contributed by atoms with van der Waals surface area (Å²) in [6.45, 7) is 0. The van der Waals surface area contributed by atoms with Gasteiger partial charge in [-0.05, 0) is 28.6 Å². The molecule has 0 N–H and O–H groups in total. The van der Waals surface area contributed by atoms with Crippen LogP contribution in [0.1, 0.15) is 11.1 Å². The van der Waals surface area contributed by atoms with Crippen LogP contribution in [-0.4, -0.2) is 4.98 Å². The standard InChI is InChI=1S/C28H20ClN/c29-23-17-15-20(16-18-23)19-26-24-13-7-8-14-25(24)27(21-9-3-1-4-10-21)30-28(26)22-11-5-2-6-12-22/h1-18H,19H2. The second-order valence-corrected chi connectivity index (χ2v) is 7.80. The van der Waals surface area contributed by atoms with Crippen molar-refractivity contribution >= 4 is 22.4 Å². The van der Waals surface area contributed by atoms with E-state index in [2.05, 4.69) is 84.9 Å². The maximum absolute atomic E-state index is 6.11. The highest BCUT2D eigenvalue weighted by molar-refractivity contribution is 6.30. The van der Waals surface area contributed by atoms with Gasteiger partial charge in [-0.1, -0.05) is 109 Å². The van der Waals surface area contributed by atoms with Crippen LogP contribution in [0.3, 0.4) is 0 Å². The maximum Gasteiger partial charge on any atom is 0.0788 e. The fourth-order valence-corrected chi connectivity index (χ4v) is 4.08. The lowest BCUT2D eigenvalue weighted by atomic mass is 9.92. The van der Waals surface area contributed by atoms with Crippen LogP contribution in [0.2, 0.25) is 5.02 Å². The number of halogens is 1. The monoisotopic (exact) mass is 405 g/mol. The summed E-state index contributed by atoms with van der Waals surface area (Å²) >= 11 is 6.11.